The molecular formula is C21H22O2. The van der Waals surface area contributed by atoms with Crippen LogP contribution in [-0.4, -0.2) is 7.11 Å². The highest BCUT2D eigenvalue weighted by Gasteiger charge is 2.08. The molecule has 0 fully saturated rings. The molecular weight excluding hydrogens is 284 g/mol. The highest BCUT2D eigenvalue weighted by molar-refractivity contribution is 5.82. The van der Waals surface area contributed by atoms with Crippen molar-refractivity contribution in [3.05, 3.63) is 77.9 Å². The van der Waals surface area contributed by atoms with Crippen LogP contribution in [0.5, 0.6) is 5.75 Å². The largest absolute Gasteiger partial charge is 0.489 e. The highest BCUT2D eigenvalue weighted by atomic mass is 16.5. The van der Waals surface area contributed by atoms with E-state index in [1.54, 1.807) is 7.11 Å². The molecule has 2 heteroatoms. The fraction of sp³-hybridized carbons (Fsp3) is 0.238. The van der Waals surface area contributed by atoms with Crippen molar-refractivity contribution < 1.29 is 9.47 Å². The van der Waals surface area contributed by atoms with Gasteiger partial charge in [-0.2, -0.15) is 0 Å². The molecule has 0 aromatic heterocycles. The van der Waals surface area contributed by atoms with Gasteiger partial charge in [0.2, 0.25) is 0 Å². The van der Waals surface area contributed by atoms with Crippen LogP contribution in [0.3, 0.4) is 0 Å². The number of fused-ring (bicyclic) bond motifs is 1. The molecule has 0 aliphatic rings. The van der Waals surface area contributed by atoms with Crippen molar-refractivity contribution in [3.63, 3.8) is 0 Å². The van der Waals surface area contributed by atoms with E-state index >= 15 is 0 Å². The van der Waals surface area contributed by atoms with E-state index < -0.39 is 0 Å². The molecule has 0 saturated heterocycles. The van der Waals surface area contributed by atoms with E-state index in [4.69, 9.17) is 9.47 Å². The van der Waals surface area contributed by atoms with Crippen molar-refractivity contribution in [3.8, 4) is 5.75 Å². The summed E-state index contributed by atoms with van der Waals surface area (Å²) < 4.78 is 11.5. The van der Waals surface area contributed by atoms with Crippen molar-refractivity contribution in [2.45, 2.75) is 26.1 Å². The molecule has 3 aromatic carbocycles. The maximum absolute atomic E-state index is 5.97. The molecule has 2 nitrogen and oxygen atoms in total. The Kier molecular flexibility index (Phi) is 4.94. The van der Waals surface area contributed by atoms with E-state index in [9.17, 15) is 0 Å². The van der Waals surface area contributed by atoms with E-state index in [2.05, 4.69) is 61.5 Å². The van der Waals surface area contributed by atoms with Crippen molar-refractivity contribution >= 4 is 10.8 Å². The van der Waals surface area contributed by atoms with Gasteiger partial charge in [-0.25, -0.2) is 0 Å². The van der Waals surface area contributed by atoms with Gasteiger partial charge in [-0.05, 0) is 46.5 Å². The van der Waals surface area contributed by atoms with Crippen molar-refractivity contribution in [1.82, 2.24) is 0 Å². The number of methoxy groups -OCH3 is 1. The number of hydrogen-bond acceptors (Lipinski definition) is 2. The zero-order valence-corrected chi connectivity index (χ0v) is 13.7. The average molecular weight is 306 g/mol. The Labute approximate surface area is 137 Å². The third kappa shape index (κ3) is 3.72. The summed E-state index contributed by atoms with van der Waals surface area (Å²) in [4.78, 5) is 0. The van der Waals surface area contributed by atoms with Crippen molar-refractivity contribution in [2.75, 3.05) is 7.11 Å². The summed E-state index contributed by atoms with van der Waals surface area (Å²) in [6, 6.07) is 23.0. The molecule has 0 saturated carbocycles. The van der Waals surface area contributed by atoms with E-state index in [1.807, 2.05) is 12.1 Å². The number of benzene rings is 3. The van der Waals surface area contributed by atoms with Gasteiger partial charge in [-0.15, -0.1) is 0 Å². The summed E-state index contributed by atoms with van der Waals surface area (Å²) in [6.07, 6.45) is 1.07. The Morgan fingerprint density at radius 3 is 2.48 bits per heavy atom. The van der Waals surface area contributed by atoms with Gasteiger partial charge in [-0.1, -0.05) is 55.5 Å². The van der Waals surface area contributed by atoms with Crippen molar-refractivity contribution in [1.29, 1.82) is 0 Å². The van der Waals surface area contributed by atoms with Crippen molar-refractivity contribution in [2.24, 2.45) is 0 Å². The van der Waals surface area contributed by atoms with Gasteiger partial charge in [0, 0.05) is 7.11 Å². The lowest BCUT2D eigenvalue weighted by atomic mass is 10.1. The third-order valence-corrected chi connectivity index (χ3v) is 4.10. The van der Waals surface area contributed by atoms with Gasteiger partial charge in [0.05, 0.1) is 6.10 Å². The molecule has 0 spiro atoms. The normalized spacial score (nSPS) is 12.3. The van der Waals surface area contributed by atoms with Gasteiger partial charge < -0.3 is 9.47 Å². The first kappa shape index (κ1) is 15.6. The fourth-order valence-electron chi connectivity index (χ4n) is 2.84. The van der Waals surface area contributed by atoms with Gasteiger partial charge in [0.25, 0.3) is 0 Å². The molecule has 1 atom stereocenters. The van der Waals surface area contributed by atoms with Crippen LogP contribution in [0.2, 0.25) is 0 Å². The summed E-state index contributed by atoms with van der Waals surface area (Å²) in [6.45, 7) is 2.69. The first-order valence-corrected chi connectivity index (χ1v) is 8.03. The first-order valence-electron chi connectivity index (χ1n) is 8.03. The summed E-state index contributed by atoms with van der Waals surface area (Å²) in [5.74, 6) is 0.881. The smallest absolute Gasteiger partial charge is 0.120 e. The number of ether oxygens (including phenoxy) is 2. The molecule has 23 heavy (non-hydrogen) atoms. The van der Waals surface area contributed by atoms with E-state index in [-0.39, 0.29) is 6.10 Å². The third-order valence-electron chi connectivity index (χ3n) is 4.10. The minimum atomic E-state index is 0.124. The molecule has 0 heterocycles. The lowest BCUT2D eigenvalue weighted by molar-refractivity contribution is 0.0997. The van der Waals surface area contributed by atoms with Crippen LogP contribution in [-0.2, 0) is 11.3 Å². The predicted molar refractivity (Wildman–Crippen MR) is 94.8 cm³/mol. The van der Waals surface area contributed by atoms with Gasteiger partial charge >= 0.3 is 0 Å². The van der Waals surface area contributed by atoms with Gasteiger partial charge in [-0.3, -0.25) is 0 Å². The van der Waals surface area contributed by atoms with E-state index in [1.165, 1.54) is 16.3 Å². The molecule has 0 amide bonds. The van der Waals surface area contributed by atoms with Crippen LogP contribution in [0.4, 0.5) is 0 Å². The van der Waals surface area contributed by atoms with Crippen LogP contribution in [0.1, 0.15) is 30.6 Å². The first-order chi connectivity index (χ1) is 11.3. The monoisotopic (exact) mass is 306 g/mol. The van der Waals surface area contributed by atoms with Gasteiger partial charge in [0.1, 0.15) is 12.4 Å². The summed E-state index contributed by atoms with van der Waals surface area (Å²) in [5.41, 5.74) is 2.33. The molecule has 1 unspecified atom stereocenters. The maximum atomic E-state index is 5.97. The van der Waals surface area contributed by atoms with Gasteiger partial charge in [0.15, 0.2) is 0 Å². The average Bonchev–Trinajstić information content (AvgIpc) is 2.61. The molecule has 3 aromatic rings. The van der Waals surface area contributed by atoms with Crippen LogP contribution in [0.25, 0.3) is 10.8 Å². The lowest BCUT2D eigenvalue weighted by Crippen LogP contribution is -2.01. The van der Waals surface area contributed by atoms with Crippen LogP contribution >= 0.6 is 0 Å². The fourth-order valence-corrected chi connectivity index (χ4v) is 2.84. The highest BCUT2D eigenvalue weighted by Crippen LogP contribution is 2.25. The Balaban J connectivity index is 1.73. The van der Waals surface area contributed by atoms with Crippen LogP contribution < -0.4 is 4.74 Å². The van der Waals surface area contributed by atoms with E-state index in [0.717, 1.165) is 17.7 Å². The second-order valence-electron chi connectivity index (χ2n) is 5.68. The second-order valence-corrected chi connectivity index (χ2v) is 5.68. The Morgan fingerprint density at radius 1 is 0.870 bits per heavy atom. The SMILES string of the molecule is CCC(OC)c1cccc(OCc2ccc3ccccc3c2)c1. The predicted octanol–water partition coefficient (Wildman–Crippen LogP) is 5.52. The zero-order chi connectivity index (χ0) is 16.1. The molecule has 0 aliphatic heterocycles. The summed E-state index contributed by atoms with van der Waals surface area (Å²) in [7, 11) is 1.75. The topological polar surface area (TPSA) is 18.5 Å². The van der Waals surface area contributed by atoms with E-state index in [0.29, 0.717) is 6.61 Å². The zero-order valence-electron chi connectivity index (χ0n) is 13.7. The molecule has 0 N–H and O–H groups in total. The minimum absolute atomic E-state index is 0.124. The summed E-state index contributed by atoms with van der Waals surface area (Å²) in [5, 5.41) is 2.50. The quantitative estimate of drug-likeness (QED) is 0.597. The summed E-state index contributed by atoms with van der Waals surface area (Å²) >= 11 is 0. The molecule has 3 rings (SSSR count). The minimum Gasteiger partial charge on any atom is -0.489 e. The Hall–Kier alpha value is -2.32. The Morgan fingerprint density at radius 2 is 1.70 bits per heavy atom. The maximum Gasteiger partial charge on any atom is 0.120 e. The van der Waals surface area contributed by atoms with Crippen LogP contribution in [0.15, 0.2) is 66.7 Å². The lowest BCUT2D eigenvalue weighted by Gasteiger charge is -2.15. The standard InChI is InChI=1S/C21H22O2/c1-3-21(22-2)19-9-6-10-20(14-19)23-15-16-11-12-17-7-4-5-8-18(17)13-16/h4-14,21H,3,15H2,1-2H3. The van der Waals surface area contributed by atoms with Crippen LogP contribution in [0, 0.1) is 0 Å². The number of hydrogen-bond donors (Lipinski definition) is 0. The second kappa shape index (κ2) is 7.30. The molecule has 0 radical (unpaired) electrons. The molecule has 0 aliphatic carbocycles. The molecule has 0 bridgehead atoms. The number of rotatable bonds is 6. The molecule has 118 valence electrons. The Bertz CT molecular complexity index is 775.